The highest BCUT2D eigenvalue weighted by Gasteiger charge is 2.21. The van der Waals surface area contributed by atoms with Crippen LogP contribution in [0.15, 0.2) is 18.2 Å². The van der Waals surface area contributed by atoms with E-state index in [1.165, 1.54) is 62.7 Å². The van der Waals surface area contributed by atoms with Crippen LogP contribution in [0.2, 0.25) is 0 Å². The minimum Gasteiger partial charge on any atom is -0.497 e. The molecule has 0 fully saturated rings. The zero-order chi connectivity index (χ0) is 14.4. The van der Waals surface area contributed by atoms with Gasteiger partial charge in [-0.15, -0.1) is 0 Å². The SMILES string of the molecule is CCCN(CCC)[C@H]1CCCc2cc(OC)ccc2C1. The van der Waals surface area contributed by atoms with Gasteiger partial charge in [0.1, 0.15) is 5.75 Å². The van der Waals surface area contributed by atoms with Gasteiger partial charge in [0.05, 0.1) is 7.11 Å². The van der Waals surface area contributed by atoms with Gasteiger partial charge in [0.2, 0.25) is 0 Å². The third-order valence-electron chi connectivity index (χ3n) is 4.39. The Morgan fingerprint density at radius 3 is 2.55 bits per heavy atom. The second-order valence-electron chi connectivity index (χ2n) is 5.92. The molecule has 1 aromatic carbocycles. The van der Waals surface area contributed by atoms with Crippen molar-refractivity contribution in [1.82, 2.24) is 4.90 Å². The van der Waals surface area contributed by atoms with Crippen LogP contribution in [-0.2, 0) is 12.8 Å². The van der Waals surface area contributed by atoms with Crippen molar-refractivity contribution < 1.29 is 4.74 Å². The summed E-state index contributed by atoms with van der Waals surface area (Å²) in [6.07, 6.45) is 7.55. The minimum atomic E-state index is 0.726. The van der Waals surface area contributed by atoms with Crippen molar-refractivity contribution in [1.29, 1.82) is 0 Å². The standard InChI is InChI=1S/C18H29NO/c1-4-11-19(12-5-2)17-8-6-7-15-14-18(20-3)10-9-16(15)13-17/h9-10,14,17H,4-8,11-13H2,1-3H3/t17-/m0/s1. The maximum Gasteiger partial charge on any atom is 0.119 e. The predicted octanol–water partition coefficient (Wildman–Crippen LogP) is 4.06. The fourth-order valence-electron chi connectivity index (χ4n) is 3.41. The molecular formula is C18H29NO. The molecule has 0 aromatic heterocycles. The Balaban J connectivity index is 2.14. The minimum absolute atomic E-state index is 0.726. The Morgan fingerprint density at radius 1 is 1.15 bits per heavy atom. The Hall–Kier alpha value is -1.02. The molecule has 2 heteroatoms. The van der Waals surface area contributed by atoms with Gasteiger partial charge in [0, 0.05) is 6.04 Å². The summed E-state index contributed by atoms with van der Waals surface area (Å²) in [4.78, 5) is 2.71. The van der Waals surface area contributed by atoms with Crippen LogP contribution in [0.3, 0.4) is 0 Å². The van der Waals surface area contributed by atoms with Crippen molar-refractivity contribution in [3.63, 3.8) is 0 Å². The van der Waals surface area contributed by atoms with Crippen LogP contribution >= 0.6 is 0 Å². The highest BCUT2D eigenvalue weighted by Crippen LogP contribution is 2.27. The topological polar surface area (TPSA) is 12.5 Å². The summed E-state index contributed by atoms with van der Waals surface area (Å²) in [7, 11) is 1.76. The van der Waals surface area contributed by atoms with E-state index >= 15 is 0 Å². The van der Waals surface area contributed by atoms with Gasteiger partial charge in [-0.05, 0) is 74.9 Å². The number of methoxy groups -OCH3 is 1. The van der Waals surface area contributed by atoms with E-state index in [9.17, 15) is 0 Å². The summed E-state index contributed by atoms with van der Waals surface area (Å²) in [6.45, 7) is 7.06. The molecule has 0 saturated carbocycles. The van der Waals surface area contributed by atoms with E-state index < -0.39 is 0 Å². The molecule has 112 valence electrons. The highest BCUT2D eigenvalue weighted by atomic mass is 16.5. The number of fused-ring (bicyclic) bond motifs is 1. The molecule has 2 rings (SSSR count). The maximum atomic E-state index is 5.36. The molecule has 0 radical (unpaired) electrons. The summed E-state index contributed by atoms with van der Waals surface area (Å²) in [5.74, 6) is 1.00. The molecule has 0 unspecified atom stereocenters. The number of ether oxygens (including phenoxy) is 1. The van der Waals surface area contributed by atoms with Crippen LogP contribution in [0.5, 0.6) is 5.75 Å². The van der Waals surface area contributed by atoms with Crippen molar-refractivity contribution in [2.75, 3.05) is 20.2 Å². The van der Waals surface area contributed by atoms with E-state index in [-0.39, 0.29) is 0 Å². The van der Waals surface area contributed by atoms with Crippen molar-refractivity contribution in [2.24, 2.45) is 0 Å². The van der Waals surface area contributed by atoms with Crippen LogP contribution in [-0.4, -0.2) is 31.1 Å². The molecular weight excluding hydrogens is 246 g/mol. The van der Waals surface area contributed by atoms with E-state index in [1.807, 2.05) is 0 Å². The second kappa shape index (κ2) is 7.68. The first-order valence-electron chi connectivity index (χ1n) is 8.18. The molecule has 0 N–H and O–H groups in total. The first-order chi connectivity index (χ1) is 9.78. The van der Waals surface area contributed by atoms with E-state index in [0.717, 1.165) is 11.8 Å². The summed E-state index contributed by atoms with van der Waals surface area (Å²) >= 11 is 0. The first-order valence-corrected chi connectivity index (χ1v) is 8.18. The number of aryl methyl sites for hydroxylation is 1. The van der Waals surface area contributed by atoms with E-state index in [2.05, 4.69) is 36.9 Å². The number of hydrogen-bond acceptors (Lipinski definition) is 2. The zero-order valence-corrected chi connectivity index (χ0v) is 13.3. The quantitative estimate of drug-likeness (QED) is 0.726. The number of benzene rings is 1. The molecule has 0 aliphatic heterocycles. The normalized spacial score (nSPS) is 18.7. The third kappa shape index (κ3) is 3.76. The number of rotatable bonds is 6. The zero-order valence-electron chi connectivity index (χ0n) is 13.3. The van der Waals surface area contributed by atoms with Crippen LogP contribution in [0.25, 0.3) is 0 Å². The van der Waals surface area contributed by atoms with E-state index in [4.69, 9.17) is 4.74 Å². The Kier molecular flexibility index (Phi) is 5.90. The van der Waals surface area contributed by atoms with Gasteiger partial charge >= 0.3 is 0 Å². The van der Waals surface area contributed by atoms with Gasteiger partial charge in [-0.25, -0.2) is 0 Å². The van der Waals surface area contributed by atoms with Gasteiger partial charge in [-0.2, -0.15) is 0 Å². The Labute approximate surface area is 124 Å². The van der Waals surface area contributed by atoms with Crippen LogP contribution in [0, 0.1) is 0 Å². The summed E-state index contributed by atoms with van der Waals surface area (Å²) in [5, 5.41) is 0. The largest absolute Gasteiger partial charge is 0.497 e. The number of hydrogen-bond donors (Lipinski definition) is 0. The first kappa shape index (κ1) is 15.4. The van der Waals surface area contributed by atoms with Gasteiger partial charge in [0.25, 0.3) is 0 Å². The molecule has 0 amide bonds. The molecule has 0 spiro atoms. The molecule has 1 aliphatic carbocycles. The Bertz CT molecular complexity index is 410. The lowest BCUT2D eigenvalue weighted by Crippen LogP contribution is -2.37. The fourth-order valence-corrected chi connectivity index (χ4v) is 3.41. The molecule has 0 bridgehead atoms. The van der Waals surface area contributed by atoms with Gasteiger partial charge in [-0.1, -0.05) is 19.9 Å². The van der Waals surface area contributed by atoms with Crippen LogP contribution in [0.1, 0.15) is 50.7 Å². The lowest BCUT2D eigenvalue weighted by Gasteiger charge is -2.30. The average molecular weight is 275 g/mol. The lowest BCUT2D eigenvalue weighted by molar-refractivity contribution is 0.185. The summed E-state index contributed by atoms with van der Waals surface area (Å²) in [6, 6.07) is 7.36. The average Bonchev–Trinajstić information content (AvgIpc) is 2.68. The van der Waals surface area contributed by atoms with Crippen molar-refractivity contribution in [3.05, 3.63) is 29.3 Å². The summed E-state index contributed by atoms with van der Waals surface area (Å²) < 4.78 is 5.36. The van der Waals surface area contributed by atoms with Gasteiger partial charge < -0.3 is 9.64 Å². The molecule has 0 saturated heterocycles. The van der Waals surface area contributed by atoms with Crippen molar-refractivity contribution >= 4 is 0 Å². The fraction of sp³-hybridized carbons (Fsp3) is 0.667. The van der Waals surface area contributed by atoms with E-state index in [1.54, 1.807) is 7.11 Å². The molecule has 1 aromatic rings. The van der Waals surface area contributed by atoms with Crippen molar-refractivity contribution in [3.8, 4) is 5.75 Å². The second-order valence-corrected chi connectivity index (χ2v) is 5.92. The monoisotopic (exact) mass is 275 g/mol. The van der Waals surface area contributed by atoms with E-state index in [0.29, 0.717) is 0 Å². The smallest absolute Gasteiger partial charge is 0.119 e. The maximum absolute atomic E-state index is 5.36. The lowest BCUT2D eigenvalue weighted by atomic mass is 10.0. The van der Waals surface area contributed by atoms with Crippen molar-refractivity contribution in [2.45, 2.75) is 58.4 Å². The highest BCUT2D eigenvalue weighted by molar-refractivity contribution is 5.37. The summed E-state index contributed by atoms with van der Waals surface area (Å²) in [5.41, 5.74) is 3.03. The molecule has 0 heterocycles. The molecule has 20 heavy (non-hydrogen) atoms. The number of nitrogens with zero attached hydrogens (tertiary/aromatic N) is 1. The molecule has 1 aliphatic rings. The van der Waals surface area contributed by atoms with Crippen LogP contribution < -0.4 is 4.74 Å². The van der Waals surface area contributed by atoms with Gasteiger partial charge in [-0.3, -0.25) is 0 Å². The predicted molar refractivity (Wildman–Crippen MR) is 85.6 cm³/mol. The van der Waals surface area contributed by atoms with Crippen LogP contribution in [0.4, 0.5) is 0 Å². The van der Waals surface area contributed by atoms with Gasteiger partial charge in [0.15, 0.2) is 0 Å². The molecule has 1 atom stereocenters. The third-order valence-corrected chi connectivity index (χ3v) is 4.39. The molecule has 2 nitrogen and oxygen atoms in total. The Morgan fingerprint density at radius 2 is 1.90 bits per heavy atom.